The second-order valence-electron chi connectivity index (χ2n) is 5.79. The molecule has 15 heavy (non-hydrogen) atoms. The minimum Gasteiger partial charge on any atom is -0.0651 e. The summed E-state index contributed by atoms with van der Waals surface area (Å²) in [7, 11) is 0. The Kier molecular flexibility index (Phi) is 4.67. The monoisotopic (exact) mass is 210 g/mol. The van der Waals surface area contributed by atoms with Crippen molar-refractivity contribution in [3.63, 3.8) is 0 Å². The molecule has 0 aromatic rings. The fraction of sp³-hybridized carbons (Fsp3) is 1.00. The van der Waals surface area contributed by atoms with Gasteiger partial charge in [-0.1, -0.05) is 60.8 Å². The molecule has 6 atom stereocenters. The molecule has 0 aliphatic heterocycles. The largest absolute Gasteiger partial charge is 0.0651 e. The second kappa shape index (κ2) is 5.37. The normalized spacial score (nSPS) is 46.8. The third-order valence-corrected chi connectivity index (χ3v) is 5.49. The van der Waals surface area contributed by atoms with Gasteiger partial charge in [0.2, 0.25) is 0 Å². The lowest BCUT2D eigenvalue weighted by atomic mass is 9.56. The van der Waals surface area contributed by atoms with Gasteiger partial charge in [0.1, 0.15) is 0 Å². The third kappa shape index (κ3) is 2.24. The smallest absolute Gasteiger partial charge is 0.0357 e. The van der Waals surface area contributed by atoms with Crippen molar-refractivity contribution in [1.29, 1.82) is 0 Å². The maximum absolute atomic E-state index is 2.51. The molecule has 0 aromatic heterocycles. The van der Waals surface area contributed by atoms with E-state index in [4.69, 9.17) is 0 Å². The Labute approximate surface area is 96.8 Å². The van der Waals surface area contributed by atoms with Crippen LogP contribution in [0.3, 0.4) is 0 Å². The summed E-state index contributed by atoms with van der Waals surface area (Å²) in [6.45, 7) is 14.6. The highest BCUT2D eigenvalue weighted by Gasteiger charge is 2.42. The first-order valence-corrected chi connectivity index (χ1v) is 7.08. The van der Waals surface area contributed by atoms with E-state index in [0.29, 0.717) is 0 Å². The maximum atomic E-state index is 2.51. The van der Waals surface area contributed by atoms with E-state index >= 15 is 0 Å². The maximum Gasteiger partial charge on any atom is -0.0357 e. The highest BCUT2D eigenvalue weighted by Crippen LogP contribution is 2.49. The molecule has 0 spiro atoms. The molecule has 0 amide bonds. The van der Waals surface area contributed by atoms with Crippen molar-refractivity contribution in [3.8, 4) is 0 Å². The van der Waals surface area contributed by atoms with E-state index in [1.807, 2.05) is 0 Å². The molecular formula is C15H30. The molecule has 6 unspecified atom stereocenters. The van der Waals surface area contributed by atoms with Crippen LogP contribution in [0.2, 0.25) is 0 Å². The summed E-state index contributed by atoms with van der Waals surface area (Å²) in [5.41, 5.74) is 0. The van der Waals surface area contributed by atoms with Gasteiger partial charge in [0.15, 0.2) is 0 Å². The molecule has 0 aromatic carbocycles. The molecule has 0 bridgehead atoms. The van der Waals surface area contributed by atoms with Crippen LogP contribution in [-0.2, 0) is 0 Å². The van der Waals surface area contributed by atoms with Crippen LogP contribution in [0.4, 0.5) is 0 Å². The van der Waals surface area contributed by atoms with Crippen molar-refractivity contribution >= 4 is 0 Å². The predicted molar refractivity (Wildman–Crippen MR) is 68.8 cm³/mol. The van der Waals surface area contributed by atoms with Crippen LogP contribution in [-0.4, -0.2) is 0 Å². The standard InChI is InChI=1S/C15H30/c1-7-13-10(4)11(5)14(8-2)15(9-3)12(13)6/h10-15H,7-9H2,1-6H3. The summed E-state index contributed by atoms with van der Waals surface area (Å²) in [4.78, 5) is 0. The van der Waals surface area contributed by atoms with Crippen molar-refractivity contribution in [3.05, 3.63) is 0 Å². The molecule has 0 nitrogen and oxygen atoms in total. The van der Waals surface area contributed by atoms with Crippen molar-refractivity contribution in [2.45, 2.75) is 60.8 Å². The van der Waals surface area contributed by atoms with E-state index in [1.54, 1.807) is 0 Å². The fourth-order valence-corrected chi connectivity index (χ4v) is 4.45. The molecule has 0 heteroatoms. The van der Waals surface area contributed by atoms with Gasteiger partial charge in [-0.15, -0.1) is 0 Å². The third-order valence-electron chi connectivity index (χ3n) is 5.49. The molecule has 0 radical (unpaired) electrons. The Morgan fingerprint density at radius 2 is 0.867 bits per heavy atom. The average molecular weight is 210 g/mol. The molecule has 1 saturated carbocycles. The Morgan fingerprint density at radius 3 is 1.27 bits per heavy atom. The van der Waals surface area contributed by atoms with E-state index < -0.39 is 0 Å². The van der Waals surface area contributed by atoms with Crippen LogP contribution < -0.4 is 0 Å². The van der Waals surface area contributed by atoms with Gasteiger partial charge in [0.25, 0.3) is 0 Å². The molecule has 1 rings (SSSR count). The first-order chi connectivity index (χ1) is 7.08. The zero-order valence-electron chi connectivity index (χ0n) is 11.6. The highest BCUT2D eigenvalue weighted by atomic mass is 14.5. The van der Waals surface area contributed by atoms with Crippen LogP contribution in [0.25, 0.3) is 0 Å². The molecule has 1 aliphatic carbocycles. The van der Waals surface area contributed by atoms with Crippen LogP contribution in [0.5, 0.6) is 0 Å². The SMILES string of the molecule is CCC1C(C)C(C)C(CC)C(CC)C1C. The molecule has 0 saturated heterocycles. The van der Waals surface area contributed by atoms with Crippen LogP contribution in [0, 0.1) is 35.5 Å². The van der Waals surface area contributed by atoms with Gasteiger partial charge in [-0.25, -0.2) is 0 Å². The lowest BCUT2D eigenvalue weighted by Crippen LogP contribution is -2.42. The summed E-state index contributed by atoms with van der Waals surface area (Å²) in [6, 6.07) is 0. The average Bonchev–Trinajstić information content (AvgIpc) is 2.23. The Bertz CT molecular complexity index is 184. The predicted octanol–water partition coefficient (Wildman–Crippen LogP) is 4.99. The van der Waals surface area contributed by atoms with Gasteiger partial charge in [-0.05, 0) is 35.5 Å². The number of hydrogen-bond acceptors (Lipinski definition) is 0. The first kappa shape index (κ1) is 13.1. The summed E-state index contributed by atoms with van der Waals surface area (Å²) in [5.74, 6) is 5.72. The lowest BCUT2D eigenvalue weighted by molar-refractivity contribution is -0.00279. The van der Waals surface area contributed by atoms with Crippen molar-refractivity contribution < 1.29 is 0 Å². The Morgan fingerprint density at radius 1 is 0.533 bits per heavy atom. The topological polar surface area (TPSA) is 0 Å². The van der Waals surface area contributed by atoms with Gasteiger partial charge >= 0.3 is 0 Å². The Balaban J connectivity index is 2.87. The Hall–Kier alpha value is 0. The summed E-state index contributed by atoms with van der Waals surface area (Å²) in [5, 5.41) is 0. The molecule has 1 fully saturated rings. The van der Waals surface area contributed by atoms with Gasteiger partial charge in [0.05, 0.1) is 0 Å². The van der Waals surface area contributed by atoms with Gasteiger partial charge in [-0.2, -0.15) is 0 Å². The van der Waals surface area contributed by atoms with Crippen LogP contribution in [0.1, 0.15) is 60.8 Å². The molecule has 1 aliphatic rings. The fourth-order valence-electron chi connectivity index (χ4n) is 4.45. The molecule has 90 valence electrons. The van der Waals surface area contributed by atoms with E-state index in [9.17, 15) is 0 Å². The van der Waals surface area contributed by atoms with Crippen LogP contribution in [0.15, 0.2) is 0 Å². The second-order valence-corrected chi connectivity index (χ2v) is 5.79. The van der Waals surface area contributed by atoms with Crippen molar-refractivity contribution in [2.24, 2.45) is 35.5 Å². The van der Waals surface area contributed by atoms with E-state index in [1.165, 1.54) is 19.3 Å². The minimum absolute atomic E-state index is 0.928. The van der Waals surface area contributed by atoms with E-state index in [2.05, 4.69) is 41.5 Å². The van der Waals surface area contributed by atoms with Crippen molar-refractivity contribution in [2.75, 3.05) is 0 Å². The summed E-state index contributed by atoms with van der Waals surface area (Å²) in [6.07, 6.45) is 4.14. The lowest BCUT2D eigenvalue weighted by Gasteiger charge is -2.49. The van der Waals surface area contributed by atoms with Gasteiger partial charge in [0, 0.05) is 0 Å². The zero-order valence-corrected chi connectivity index (χ0v) is 11.6. The summed E-state index contributed by atoms with van der Waals surface area (Å²) >= 11 is 0. The first-order valence-electron chi connectivity index (χ1n) is 7.08. The number of hydrogen-bond donors (Lipinski definition) is 0. The molecular weight excluding hydrogens is 180 g/mol. The van der Waals surface area contributed by atoms with Crippen molar-refractivity contribution in [1.82, 2.24) is 0 Å². The van der Waals surface area contributed by atoms with Gasteiger partial charge in [-0.3, -0.25) is 0 Å². The molecule has 0 N–H and O–H groups in total. The quantitative estimate of drug-likeness (QED) is 0.616. The van der Waals surface area contributed by atoms with E-state index in [0.717, 1.165) is 35.5 Å². The van der Waals surface area contributed by atoms with E-state index in [-0.39, 0.29) is 0 Å². The molecule has 0 heterocycles. The summed E-state index contributed by atoms with van der Waals surface area (Å²) < 4.78 is 0. The zero-order chi connectivity index (χ0) is 11.6. The number of rotatable bonds is 3. The minimum atomic E-state index is 0.928. The van der Waals surface area contributed by atoms with Crippen LogP contribution >= 0.6 is 0 Å². The van der Waals surface area contributed by atoms with Gasteiger partial charge < -0.3 is 0 Å². The highest BCUT2D eigenvalue weighted by molar-refractivity contribution is 4.90.